The monoisotopic (exact) mass is 306 g/mol. The predicted octanol–water partition coefficient (Wildman–Crippen LogP) is 6.05. The fourth-order valence-electron chi connectivity index (χ4n) is 2.88. The van der Waals surface area contributed by atoms with Crippen LogP contribution in [-0.4, -0.2) is 5.78 Å². The largest absolute Gasteiger partial charge is 0.299 e. The first-order chi connectivity index (χ1) is 10.2. The van der Waals surface area contributed by atoms with Gasteiger partial charge in [0.25, 0.3) is 0 Å². The van der Waals surface area contributed by atoms with Crippen LogP contribution in [0, 0.1) is 24.1 Å². The van der Waals surface area contributed by atoms with Crippen LogP contribution >= 0.6 is 0 Å². The number of hydrogen-bond acceptors (Lipinski definition) is 1. The van der Waals surface area contributed by atoms with Gasteiger partial charge in [0, 0.05) is 11.8 Å². The van der Waals surface area contributed by atoms with Gasteiger partial charge in [-0.2, -0.15) is 0 Å². The number of benzene rings is 1. The Morgan fingerprint density at radius 1 is 1.27 bits per heavy atom. The molecule has 0 bridgehead atoms. The lowest BCUT2D eigenvalue weighted by molar-refractivity contribution is -0.127. The van der Waals surface area contributed by atoms with Gasteiger partial charge in [0.2, 0.25) is 0 Å². The van der Waals surface area contributed by atoms with Gasteiger partial charge < -0.3 is 0 Å². The van der Waals surface area contributed by atoms with Gasteiger partial charge in [0.05, 0.1) is 0 Å². The summed E-state index contributed by atoms with van der Waals surface area (Å²) in [6, 6.07) is 5.30. The fourth-order valence-corrected chi connectivity index (χ4v) is 2.88. The molecule has 0 aliphatic rings. The van der Waals surface area contributed by atoms with Crippen molar-refractivity contribution in [1.29, 1.82) is 0 Å². The quantitative estimate of drug-likeness (QED) is 0.571. The highest BCUT2D eigenvalue weighted by Crippen LogP contribution is 2.35. The van der Waals surface area contributed by atoms with E-state index in [0.717, 1.165) is 24.8 Å². The fraction of sp³-hybridized carbons (Fsp3) is 0.650. The second kappa shape index (κ2) is 7.89. The lowest BCUT2D eigenvalue weighted by Crippen LogP contribution is -2.27. The van der Waals surface area contributed by atoms with Gasteiger partial charge in [-0.3, -0.25) is 4.79 Å². The molecule has 0 aliphatic heterocycles. The van der Waals surface area contributed by atoms with Crippen LogP contribution in [0.15, 0.2) is 18.2 Å². The van der Waals surface area contributed by atoms with E-state index in [2.05, 4.69) is 20.8 Å². The Bertz CT molecular complexity index is 504. The molecule has 0 aliphatic carbocycles. The maximum absolute atomic E-state index is 13.6. The smallest absolute Gasteiger partial charge is 0.139 e. The summed E-state index contributed by atoms with van der Waals surface area (Å²) in [6.07, 6.45) is 3.58. The second-order valence-corrected chi connectivity index (χ2v) is 7.25. The van der Waals surface area contributed by atoms with Gasteiger partial charge in [-0.15, -0.1) is 0 Å². The van der Waals surface area contributed by atoms with Crippen LogP contribution in [0.4, 0.5) is 4.39 Å². The molecule has 124 valence electrons. The van der Waals surface area contributed by atoms with E-state index in [-0.39, 0.29) is 17.2 Å². The standard InChI is InChI=1S/C20H31FO/c1-7-9-14(3)17(13-19(22)20(5,6)8-2)16-10-11-18(21)15(4)12-16/h10-12,14,17H,7-9,13H2,1-6H3/t14?,17-/m1/s1. The molecule has 0 saturated carbocycles. The summed E-state index contributed by atoms with van der Waals surface area (Å²) < 4.78 is 13.6. The number of rotatable bonds is 8. The molecule has 0 N–H and O–H groups in total. The molecule has 2 heteroatoms. The van der Waals surface area contributed by atoms with Gasteiger partial charge in [-0.05, 0) is 42.4 Å². The molecule has 1 nitrogen and oxygen atoms in total. The van der Waals surface area contributed by atoms with Crippen LogP contribution < -0.4 is 0 Å². The Labute approximate surface area is 135 Å². The maximum atomic E-state index is 13.6. The molecule has 22 heavy (non-hydrogen) atoms. The van der Waals surface area contributed by atoms with Gasteiger partial charge in [0.1, 0.15) is 11.6 Å². The van der Waals surface area contributed by atoms with Crippen molar-refractivity contribution in [3.63, 3.8) is 0 Å². The molecule has 0 aromatic heterocycles. The van der Waals surface area contributed by atoms with Gasteiger partial charge in [-0.25, -0.2) is 4.39 Å². The highest BCUT2D eigenvalue weighted by atomic mass is 19.1. The van der Waals surface area contributed by atoms with E-state index < -0.39 is 0 Å². The number of carbonyl (C=O) groups excluding carboxylic acids is 1. The first-order valence-electron chi connectivity index (χ1n) is 8.52. The van der Waals surface area contributed by atoms with Crippen LogP contribution in [-0.2, 0) is 4.79 Å². The zero-order valence-corrected chi connectivity index (χ0v) is 15.0. The van der Waals surface area contributed by atoms with E-state index in [1.54, 1.807) is 6.92 Å². The van der Waals surface area contributed by atoms with E-state index in [1.165, 1.54) is 6.07 Å². The average molecular weight is 306 g/mol. The van der Waals surface area contributed by atoms with E-state index in [0.29, 0.717) is 23.7 Å². The minimum Gasteiger partial charge on any atom is -0.299 e. The predicted molar refractivity (Wildman–Crippen MR) is 91.6 cm³/mol. The zero-order chi connectivity index (χ0) is 16.9. The summed E-state index contributed by atoms with van der Waals surface area (Å²) in [4.78, 5) is 12.7. The molecule has 0 saturated heterocycles. The third kappa shape index (κ3) is 4.66. The Balaban J connectivity index is 3.08. The molecule has 0 fully saturated rings. The average Bonchev–Trinajstić information content (AvgIpc) is 2.47. The summed E-state index contributed by atoms with van der Waals surface area (Å²) in [5, 5.41) is 0. The van der Waals surface area contributed by atoms with E-state index in [1.807, 2.05) is 26.0 Å². The van der Waals surface area contributed by atoms with Crippen molar-refractivity contribution in [2.24, 2.45) is 11.3 Å². The molecule has 0 spiro atoms. The molecule has 0 heterocycles. The zero-order valence-electron chi connectivity index (χ0n) is 15.0. The minimum atomic E-state index is -0.279. The number of hydrogen-bond donors (Lipinski definition) is 0. The number of aryl methyl sites for hydroxylation is 1. The van der Waals surface area contributed by atoms with Crippen molar-refractivity contribution in [3.8, 4) is 0 Å². The van der Waals surface area contributed by atoms with Crippen molar-refractivity contribution in [1.82, 2.24) is 0 Å². The third-order valence-electron chi connectivity index (χ3n) is 5.09. The Morgan fingerprint density at radius 3 is 2.41 bits per heavy atom. The van der Waals surface area contributed by atoms with Crippen LogP contribution in [0.5, 0.6) is 0 Å². The van der Waals surface area contributed by atoms with Crippen LogP contribution in [0.25, 0.3) is 0 Å². The first-order valence-corrected chi connectivity index (χ1v) is 8.52. The molecular formula is C20H31FO. The summed E-state index contributed by atoms with van der Waals surface area (Å²) >= 11 is 0. The molecule has 1 unspecified atom stereocenters. The molecule has 1 aromatic rings. The van der Waals surface area contributed by atoms with Crippen molar-refractivity contribution >= 4 is 5.78 Å². The molecule has 1 aromatic carbocycles. The van der Waals surface area contributed by atoms with Crippen LogP contribution in [0.2, 0.25) is 0 Å². The summed E-state index contributed by atoms with van der Waals surface area (Å²) in [5.41, 5.74) is 1.48. The summed E-state index contributed by atoms with van der Waals surface area (Å²) in [5.74, 6) is 0.736. The van der Waals surface area contributed by atoms with E-state index in [4.69, 9.17) is 0 Å². The number of Topliss-reactive ketones (excluding diaryl/α,β-unsaturated/α-hetero) is 1. The highest BCUT2D eigenvalue weighted by molar-refractivity contribution is 5.84. The number of halogens is 1. The Morgan fingerprint density at radius 2 is 1.91 bits per heavy atom. The number of ketones is 1. The SMILES string of the molecule is CCCC(C)[C@@H](CC(=O)C(C)(C)CC)c1ccc(F)c(C)c1. The van der Waals surface area contributed by atoms with Crippen LogP contribution in [0.3, 0.4) is 0 Å². The topological polar surface area (TPSA) is 17.1 Å². The normalized spacial score (nSPS) is 14.7. The van der Waals surface area contributed by atoms with E-state index in [9.17, 15) is 9.18 Å². The summed E-state index contributed by atoms with van der Waals surface area (Å²) in [6.45, 7) is 12.3. The van der Waals surface area contributed by atoms with Crippen molar-refractivity contribution in [3.05, 3.63) is 35.1 Å². The molecule has 1 rings (SSSR count). The molecule has 0 amide bonds. The molecule has 0 radical (unpaired) electrons. The van der Waals surface area contributed by atoms with Crippen molar-refractivity contribution in [2.45, 2.75) is 73.1 Å². The van der Waals surface area contributed by atoms with Gasteiger partial charge in [0.15, 0.2) is 0 Å². The lowest BCUT2D eigenvalue weighted by atomic mass is 9.75. The van der Waals surface area contributed by atoms with Crippen LogP contribution in [0.1, 0.15) is 77.3 Å². The maximum Gasteiger partial charge on any atom is 0.139 e. The van der Waals surface area contributed by atoms with E-state index >= 15 is 0 Å². The number of carbonyl (C=O) groups is 1. The third-order valence-corrected chi connectivity index (χ3v) is 5.09. The summed E-state index contributed by atoms with van der Waals surface area (Å²) in [7, 11) is 0. The van der Waals surface area contributed by atoms with Gasteiger partial charge >= 0.3 is 0 Å². The first kappa shape index (κ1) is 18.9. The lowest BCUT2D eigenvalue weighted by Gasteiger charge is -2.28. The minimum absolute atomic E-state index is 0.175. The Kier molecular flexibility index (Phi) is 6.77. The Hall–Kier alpha value is -1.18. The molecular weight excluding hydrogens is 275 g/mol. The van der Waals surface area contributed by atoms with Crippen molar-refractivity contribution in [2.75, 3.05) is 0 Å². The molecule has 2 atom stereocenters. The second-order valence-electron chi connectivity index (χ2n) is 7.25. The highest BCUT2D eigenvalue weighted by Gasteiger charge is 2.30. The van der Waals surface area contributed by atoms with Gasteiger partial charge in [-0.1, -0.05) is 59.6 Å². The van der Waals surface area contributed by atoms with Crippen molar-refractivity contribution < 1.29 is 9.18 Å².